The van der Waals surface area contributed by atoms with Crippen LogP contribution in [0.5, 0.6) is 0 Å². The average Bonchev–Trinajstić information content (AvgIpc) is 2.89. The van der Waals surface area contributed by atoms with E-state index in [2.05, 4.69) is 10.3 Å². The lowest BCUT2D eigenvalue weighted by Gasteiger charge is -2.28. The van der Waals surface area contributed by atoms with Crippen LogP contribution in [0.3, 0.4) is 0 Å². The molecule has 6 heteroatoms. The van der Waals surface area contributed by atoms with Gasteiger partial charge < -0.3 is 14.8 Å². The number of imidazole rings is 1. The molecule has 110 valence electrons. The third kappa shape index (κ3) is 3.37. The molecule has 1 N–H and O–H groups in total. The molecular weight excluding hydrogens is 256 g/mol. The zero-order valence-corrected chi connectivity index (χ0v) is 12.1. The standard InChI is InChI=1S/C14H22N4O2/c1-3-12-14(20)18(11(2)9-13(19)16-12)7-4-6-17-8-5-15-10-17/h5,8,10-12H,3-4,6-7,9H2,1-2H3,(H,16,19). The zero-order valence-electron chi connectivity index (χ0n) is 12.1. The molecule has 0 spiro atoms. The number of hydrogen-bond donors (Lipinski definition) is 1. The molecule has 6 nitrogen and oxygen atoms in total. The molecule has 0 radical (unpaired) electrons. The molecule has 0 aromatic carbocycles. The Kier molecular flexibility index (Phi) is 4.76. The fourth-order valence-electron chi connectivity index (χ4n) is 2.56. The van der Waals surface area contributed by atoms with Crippen molar-refractivity contribution >= 4 is 11.8 Å². The lowest BCUT2D eigenvalue weighted by atomic mass is 10.1. The molecule has 2 rings (SSSR count). The summed E-state index contributed by atoms with van der Waals surface area (Å²) in [7, 11) is 0. The van der Waals surface area contributed by atoms with Crippen LogP contribution in [0.4, 0.5) is 0 Å². The molecule has 0 bridgehead atoms. The van der Waals surface area contributed by atoms with E-state index in [0.717, 1.165) is 13.0 Å². The molecule has 20 heavy (non-hydrogen) atoms. The maximum Gasteiger partial charge on any atom is 0.245 e. The molecule has 0 saturated carbocycles. The molecular formula is C14H22N4O2. The topological polar surface area (TPSA) is 67.2 Å². The van der Waals surface area contributed by atoms with Crippen LogP contribution < -0.4 is 5.32 Å². The molecule has 2 heterocycles. The van der Waals surface area contributed by atoms with Gasteiger partial charge in [0.2, 0.25) is 11.8 Å². The van der Waals surface area contributed by atoms with Crippen molar-refractivity contribution in [2.45, 2.75) is 51.7 Å². The van der Waals surface area contributed by atoms with Crippen molar-refractivity contribution in [1.82, 2.24) is 19.8 Å². The monoisotopic (exact) mass is 278 g/mol. The Morgan fingerprint density at radius 2 is 2.20 bits per heavy atom. The van der Waals surface area contributed by atoms with Crippen LogP contribution in [0.1, 0.15) is 33.1 Å². The van der Waals surface area contributed by atoms with Gasteiger partial charge >= 0.3 is 0 Å². The number of nitrogens with zero attached hydrogens (tertiary/aromatic N) is 3. The summed E-state index contributed by atoms with van der Waals surface area (Å²) in [5, 5.41) is 2.80. The number of carbonyl (C=O) groups excluding carboxylic acids is 2. The number of aromatic nitrogens is 2. The summed E-state index contributed by atoms with van der Waals surface area (Å²) in [5.41, 5.74) is 0. The third-order valence-corrected chi connectivity index (χ3v) is 3.71. The van der Waals surface area contributed by atoms with Gasteiger partial charge in [-0.1, -0.05) is 6.92 Å². The van der Waals surface area contributed by atoms with Crippen molar-refractivity contribution in [3.05, 3.63) is 18.7 Å². The number of hydrogen-bond acceptors (Lipinski definition) is 3. The quantitative estimate of drug-likeness (QED) is 0.866. The molecule has 1 saturated heterocycles. The summed E-state index contributed by atoms with van der Waals surface area (Å²) in [6.07, 6.45) is 7.30. The van der Waals surface area contributed by atoms with Crippen molar-refractivity contribution < 1.29 is 9.59 Å². The van der Waals surface area contributed by atoms with Gasteiger partial charge in [0.15, 0.2) is 0 Å². The van der Waals surface area contributed by atoms with E-state index in [4.69, 9.17) is 0 Å². The Hall–Kier alpha value is -1.85. The summed E-state index contributed by atoms with van der Waals surface area (Å²) >= 11 is 0. The molecule has 2 amide bonds. The summed E-state index contributed by atoms with van der Waals surface area (Å²) in [4.78, 5) is 30.0. The predicted octanol–water partition coefficient (Wildman–Crippen LogP) is 0.789. The number of aryl methyl sites for hydroxylation is 1. The number of rotatable bonds is 5. The Morgan fingerprint density at radius 1 is 1.40 bits per heavy atom. The van der Waals surface area contributed by atoms with Gasteiger partial charge in [0.1, 0.15) is 6.04 Å². The highest BCUT2D eigenvalue weighted by atomic mass is 16.2. The highest BCUT2D eigenvalue weighted by molar-refractivity contribution is 5.90. The van der Waals surface area contributed by atoms with Gasteiger partial charge in [-0.15, -0.1) is 0 Å². The fourth-order valence-corrected chi connectivity index (χ4v) is 2.56. The van der Waals surface area contributed by atoms with E-state index in [-0.39, 0.29) is 23.9 Å². The molecule has 1 aromatic rings. The maximum absolute atomic E-state index is 12.4. The van der Waals surface area contributed by atoms with E-state index in [9.17, 15) is 9.59 Å². The first-order valence-corrected chi connectivity index (χ1v) is 7.17. The molecule has 1 aliphatic heterocycles. The van der Waals surface area contributed by atoms with Gasteiger partial charge in [-0.05, 0) is 19.8 Å². The van der Waals surface area contributed by atoms with Crippen molar-refractivity contribution in [3.8, 4) is 0 Å². The molecule has 2 unspecified atom stereocenters. The van der Waals surface area contributed by atoms with Crippen LogP contribution in [-0.2, 0) is 16.1 Å². The first-order valence-electron chi connectivity index (χ1n) is 7.17. The minimum Gasteiger partial charge on any atom is -0.344 e. The van der Waals surface area contributed by atoms with Gasteiger partial charge in [0.05, 0.1) is 6.33 Å². The fraction of sp³-hybridized carbons (Fsp3) is 0.643. The van der Waals surface area contributed by atoms with Crippen LogP contribution in [0, 0.1) is 0 Å². The summed E-state index contributed by atoms with van der Waals surface area (Å²) in [6.45, 7) is 5.35. The van der Waals surface area contributed by atoms with Crippen molar-refractivity contribution in [1.29, 1.82) is 0 Å². The smallest absolute Gasteiger partial charge is 0.245 e. The van der Waals surface area contributed by atoms with Crippen LogP contribution >= 0.6 is 0 Å². The second kappa shape index (κ2) is 6.54. The van der Waals surface area contributed by atoms with E-state index in [1.165, 1.54) is 0 Å². The van der Waals surface area contributed by atoms with Gasteiger partial charge in [-0.3, -0.25) is 9.59 Å². The van der Waals surface area contributed by atoms with Crippen molar-refractivity contribution in [2.24, 2.45) is 0 Å². The largest absolute Gasteiger partial charge is 0.344 e. The number of carbonyl (C=O) groups is 2. The Labute approximate surface area is 119 Å². The SMILES string of the molecule is CCC1NC(=O)CC(C)N(CCCn2ccnc2)C1=O. The summed E-state index contributed by atoms with van der Waals surface area (Å²) < 4.78 is 1.99. The Balaban J connectivity index is 1.95. The minimum atomic E-state index is -0.374. The van der Waals surface area contributed by atoms with Gasteiger partial charge in [-0.25, -0.2) is 4.98 Å². The Bertz CT molecular complexity index is 458. The first kappa shape index (κ1) is 14.6. The van der Waals surface area contributed by atoms with E-state index in [1.807, 2.05) is 29.5 Å². The van der Waals surface area contributed by atoms with E-state index >= 15 is 0 Å². The van der Waals surface area contributed by atoms with Crippen molar-refractivity contribution in [2.75, 3.05) is 6.54 Å². The lowest BCUT2D eigenvalue weighted by molar-refractivity contribution is -0.135. The highest BCUT2D eigenvalue weighted by Crippen LogP contribution is 2.13. The Morgan fingerprint density at radius 3 is 2.85 bits per heavy atom. The van der Waals surface area contributed by atoms with E-state index < -0.39 is 0 Å². The van der Waals surface area contributed by atoms with Gasteiger partial charge in [-0.2, -0.15) is 0 Å². The van der Waals surface area contributed by atoms with Crippen LogP contribution in [0.15, 0.2) is 18.7 Å². The van der Waals surface area contributed by atoms with Gasteiger partial charge in [0.25, 0.3) is 0 Å². The number of nitrogens with one attached hydrogen (secondary N) is 1. The number of amides is 2. The maximum atomic E-state index is 12.4. The minimum absolute atomic E-state index is 0.0326. The second-order valence-electron chi connectivity index (χ2n) is 5.27. The summed E-state index contributed by atoms with van der Waals surface area (Å²) in [5.74, 6) is 0.00582. The van der Waals surface area contributed by atoms with E-state index in [1.54, 1.807) is 12.5 Å². The molecule has 0 aliphatic carbocycles. The summed E-state index contributed by atoms with van der Waals surface area (Å²) in [6, 6.07) is -0.414. The van der Waals surface area contributed by atoms with Gasteiger partial charge in [0, 0.05) is 37.9 Å². The molecule has 1 fully saturated rings. The average molecular weight is 278 g/mol. The van der Waals surface area contributed by atoms with Crippen LogP contribution in [0.2, 0.25) is 0 Å². The predicted molar refractivity (Wildman–Crippen MR) is 74.9 cm³/mol. The lowest BCUT2D eigenvalue weighted by Crippen LogP contribution is -2.46. The zero-order chi connectivity index (χ0) is 14.5. The highest BCUT2D eigenvalue weighted by Gasteiger charge is 2.32. The molecule has 1 aromatic heterocycles. The molecule has 2 atom stereocenters. The van der Waals surface area contributed by atoms with Crippen LogP contribution in [0.25, 0.3) is 0 Å². The van der Waals surface area contributed by atoms with Crippen molar-refractivity contribution in [3.63, 3.8) is 0 Å². The normalized spacial score (nSPS) is 23.6. The molecule has 1 aliphatic rings. The van der Waals surface area contributed by atoms with Crippen LogP contribution in [-0.4, -0.2) is 44.9 Å². The third-order valence-electron chi connectivity index (χ3n) is 3.71. The first-order chi connectivity index (χ1) is 9.61. The second-order valence-corrected chi connectivity index (χ2v) is 5.27. The van der Waals surface area contributed by atoms with E-state index in [0.29, 0.717) is 19.4 Å².